The summed E-state index contributed by atoms with van der Waals surface area (Å²) in [6, 6.07) is 5.12. The van der Waals surface area contributed by atoms with Crippen molar-refractivity contribution in [3.8, 4) is 5.75 Å². The first kappa shape index (κ1) is 21.7. The molecule has 6 nitrogen and oxygen atoms in total. The van der Waals surface area contributed by atoms with E-state index in [-0.39, 0.29) is 25.2 Å². The van der Waals surface area contributed by atoms with Crippen LogP contribution in [0.5, 0.6) is 5.75 Å². The van der Waals surface area contributed by atoms with Crippen LogP contribution < -0.4 is 20.3 Å². The lowest BCUT2D eigenvalue weighted by molar-refractivity contribution is -0.274. The Morgan fingerprint density at radius 2 is 2.04 bits per heavy atom. The van der Waals surface area contributed by atoms with Crippen LogP contribution in [-0.4, -0.2) is 42.3 Å². The van der Waals surface area contributed by atoms with Gasteiger partial charge >= 0.3 is 6.36 Å². The molecule has 1 heterocycles. The largest absolute Gasteiger partial charge is 0.573 e. The van der Waals surface area contributed by atoms with Crippen LogP contribution in [0.25, 0.3) is 0 Å². The van der Waals surface area contributed by atoms with Crippen molar-refractivity contribution < 1.29 is 27.5 Å². The lowest BCUT2D eigenvalue weighted by Gasteiger charge is -2.31. The summed E-state index contributed by atoms with van der Waals surface area (Å²) < 4.78 is 41.4. The first-order valence-electron chi connectivity index (χ1n) is 8.74. The maximum Gasteiger partial charge on any atom is 0.573 e. The Kier molecular flexibility index (Phi) is 6.08. The average molecular weight is 399 g/mol. The number of carbonyl (C=O) groups excluding carboxylic acids is 2. The molecule has 1 atom stereocenters. The molecule has 2 amide bonds. The zero-order chi connectivity index (χ0) is 21.2. The monoisotopic (exact) mass is 399 g/mol. The molecule has 2 N–H and O–H groups in total. The van der Waals surface area contributed by atoms with Crippen LogP contribution in [0.4, 0.5) is 18.9 Å². The van der Waals surface area contributed by atoms with Crippen LogP contribution in [-0.2, 0) is 9.59 Å². The highest BCUT2D eigenvalue weighted by Gasteiger charge is 2.53. The number of ether oxygens (including phenoxy) is 1. The molecule has 1 aliphatic rings. The van der Waals surface area contributed by atoms with Crippen LogP contribution in [0.3, 0.4) is 0 Å². The van der Waals surface area contributed by atoms with Crippen LogP contribution in [0.15, 0.2) is 36.9 Å². The third-order valence-corrected chi connectivity index (χ3v) is 4.11. The van der Waals surface area contributed by atoms with E-state index in [4.69, 9.17) is 0 Å². The van der Waals surface area contributed by atoms with Crippen molar-refractivity contribution in [1.82, 2.24) is 10.6 Å². The molecule has 28 heavy (non-hydrogen) atoms. The normalized spacial score (nSPS) is 20.2. The summed E-state index contributed by atoms with van der Waals surface area (Å²) in [4.78, 5) is 27.3. The third kappa shape index (κ3) is 5.03. The summed E-state index contributed by atoms with van der Waals surface area (Å²) in [6.45, 7) is 9.35. The maximum absolute atomic E-state index is 13.2. The van der Waals surface area contributed by atoms with Crippen LogP contribution in [0.2, 0.25) is 0 Å². The summed E-state index contributed by atoms with van der Waals surface area (Å²) in [7, 11) is 0. The number of alkyl halides is 3. The summed E-state index contributed by atoms with van der Waals surface area (Å²) in [5.41, 5.74) is -1.87. The van der Waals surface area contributed by atoms with Gasteiger partial charge in [-0.2, -0.15) is 0 Å². The van der Waals surface area contributed by atoms with E-state index in [0.29, 0.717) is 0 Å². The molecule has 0 radical (unpaired) electrons. The number of nitrogens with zero attached hydrogens (tertiary/aromatic N) is 1. The van der Waals surface area contributed by atoms with Crippen molar-refractivity contribution in [2.45, 2.75) is 44.6 Å². The highest BCUT2D eigenvalue weighted by Crippen LogP contribution is 2.32. The van der Waals surface area contributed by atoms with E-state index in [0.717, 1.165) is 12.1 Å². The molecular weight excluding hydrogens is 375 g/mol. The van der Waals surface area contributed by atoms with Gasteiger partial charge in [0.05, 0.1) is 0 Å². The Morgan fingerprint density at radius 1 is 1.36 bits per heavy atom. The van der Waals surface area contributed by atoms with Gasteiger partial charge in [0.15, 0.2) is 5.54 Å². The van der Waals surface area contributed by atoms with Crippen molar-refractivity contribution in [1.29, 1.82) is 0 Å². The summed E-state index contributed by atoms with van der Waals surface area (Å²) in [5, 5.41) is 5.74. The Balaban J connectivity index is 2.32. The molecule has 0 aromatic heterocycles. The van der Waals surface area contributed by atoms with Gasteiger partial charge in [0.2, 0.25) is 0 Å². The Hall–Kier alpha value is -2.55. The van der Waals surface area contributed by atoms with Crippen molar-refractivity contribution in [3.05, 3.63) is 36.9 Å². The second-order valence-electron chi connectivity index (χ2n) is 7.53. The Bertz CT molecular complexity index is 759. The van der Waals surface area contributed by atoms with E-state index in [9.17, 15) is 22.8 Å². The molecule has 1 aliphatic heterocycles. The number of hydrogen-bond acceptors (Lipinski definition) is 4. The van der Waals surface area contributed by atoms with Gasteiger partial charge < -0.3 is 15.0 Å². The molecule has 0 saturated carbocycles. The molecule has 154 valence electrons. The minimum Gasteiger partial charge on any atom is -0.406 e. The van der Waals surface area contributed by atoms with Gasteiger partial charge in [0, 0.05) is 36.8 Å². The Labute approximate surface area is 161 Å². The number of halogens is 3. The van der Waals surface area contributed by atoms with Crippen molar-refractivity contribution >= 4 is 17.5 Å². The number of amides is 2. The van der Waals surface area contributed by atoms with Crippen LogP contribution in [0, 0.1) is 0 Å². The first-order chi connectivity index (χ1) is 12.9. The number of carbonyl (C=O) groups is 2. The number of benzene rings is 1. The van der Waals surface area contributed by atoms with E-state index in [1.807, 2.05) is 0 Å². The van der Waals surface area contributed by atoms with Gasteiger partial charge in [-0.1, -0.05) is 12.1 Å². The third-order valence-electron chi connectivity index (χ3n) is 4.11. The second kappa shape index (κ2) is 7.83. The molecule has 0 aliphatic carbocycles. The fourth-order valence-electron chi connectivity index (χ4n) is 2.96. The molecule has 1 saturated heterocycles. The summed E-state index contributed by atoms with van der Waals surface area (Å²) in [6.07, 6.45) is -3.15. The topological polar surface area (TPSA) is 70.7 Å². The molecule has 1 unspecified atom stereocenters. The fourth-order valence-corrected chi connectivity index (χ4v) is 2.96. The summed E-state index contributed by atoms with van der Waals surface area (Å²) in [5.74, 6) is -1.47. The molecular formula is C19H24F3N3O3. The van der Waals surface area contributed by atoms with Gasteiger partial charge in [-0.25, -0.2) is 0 Å². The van der Waals surface area contributed by atoms with E-state index in [1.54, 1.807) is 20.8 Å². The molecule has 2 rings (SSSR count). The van der Waals surface area contributed by atoms with E-state index < -0.39 is 35.0 Å². The van der Waals surface area contributed by atoms with Crippen LogP contribution in [0.1, 0.15) is 27.2 Å². The number of rotatable bonds is 6. The second-order valence-corrected chi connectivity index (χ2v) is 7.53. The molecule has 1 aromatic rings. The standard InChI is InChI=1S/C19H24F3N3O3/c1-5-10-23-18(15(26)24-17(2,3)4)9-11-25(16(18)27)13-7-6-8-14(12-13)28-19(20,21)22/h5-8,12,23H,1,9-11H2,2-4H3,(H,24,26). The van der Waals surface area contributed by atoms with E-state index in [1.165, 1.54) is 23.1 Å². The van der Waals surface area contributed by atoms with Gasteiger partial charge in [0.1, 0.15) is 5.75 Å². The minimum atomic E-state index is -4.84. The zero-order valence-electron chi connectivity index (χ0n) is 16.0. The highest BCUT2D eigenvalue weighted by atomic mass is 19.4. The van der Waals surface area contributed by atoms with Gasteiger partial charge in [-0.3, -0.25) is 14.9 Å². The first-order valence-corrected chi connectivity index (χ1v) is 8.74. The SMILES string of the molecule is C=CCNC1(C(=O)NC(C)(C)C)CCN(c2cccc(OC(F)(F)F)c2)C1=O. The number of anilines is 1. The molecule has 1 fully saturated rings. The maximum atomic E-state index is 13.2. The Morgan fingerprint density at radius 3 is 2.61 bits per heavy atom. The zero-order valence-corrected chi connectivity index (χ0v) is 16.0. The fraction of sp³-hybridized carbons (Fsp3) is 0.474. The van der Waals surface area contributed by atoms with Gasteiger partial charge in [-0.15, -0.1) is 19.8 Å². The predicted octanol–water partition coefficient (Wildman–Crippen LogP) is 2.75. The summed E-state index contributed by atoms with van der Waals surface area (Å²) >= 11 is 0. The van der Waals surface area contributed by atoms with Crippen molar-refractivity contribution in [2.24, 2.45) is 0 Å². The van der Waals surface area contributed by atoms with Crippen LogP contribution >= 0.6 is 0 Å². The minimum absolute atomic E-state index is 0.159. The average Bonchev–Trinajstić information content (AvgIpc) is 2.88. The lowest BCUT2D eigenvalue weighted by Crippen LogP contribution is -2.64. The van der Waals surface area contributed by atoms with E-state index in [2.05, 4.69) is 21.9 Å². The molecule has 0 bridgehead atoms. The van der Waals surface area contributed by atoms with Gasteiger partial charge in [0.25, 0.3) is 11.8 Å². The molecule has 9 heteroatoms. The smallest absolute Gasteiger partial charge is 0.406 e. The number of nitrogens with one attached hydrogen (secondary N) is 2. The highest BCUT2D eigenvalue weighted by molar-refractivity contribution is 6.17. The van der Waals surface area contributed by atoms with Crippen molar-refractivity contribution in [3.63, 3.8) is 0 Å². The predicted molar refractivity (Wildman–Crippen MR) is 98.9 cm³/mol. The lowest BCUT2D eigenvalue weighted by atomic mass is 9.94. The van der Waals surface area contributed by atoms with Gasteiger partial charge in [-0.05, 0) is 32.9 Å². The van der Waals surface area contributed by atoms with E-state index >= 15 is 0 Å². The molecule has 0 spiro atoms. The quantitative estimate of drug-likeness (QED) is 0.570. The molecule has 1 aromatic carbocycles. The van der Waals surface area contributed by atoms with Crippen molar-refractivity contribution in [2.75, 3.05) is 18.0 Å². The number of hydrogen-bond donors (Lipinski definition) is 2.